The van der Waals surface area contributed by atoms with Crippen molar-refractivity contribution in [1.29, 1.82) is 0 Å². The van der Waals surface area contributed by atoms with Crippen molar-refractivity contribution in [2.45, 2.75) is 69.9 Å². The Bertz CT molecular complexity index is 475. The second kappa shape index (κ2) is 8.90. The Balaban J connectivity index is 1.84. The van der Waals surface area contributed by atoms with Crippen LogP contribution >= 0.6 is 0 Å². The molecule has 0 bridgehead atoms. The van der Waals surface area contributed by atoms with E-state index in [4.69, 9.17) is 5.11 Å². The van der Waals surface area contributed by atoms with Crippen molar-refractivity contribution in [3.63, 3.8) is 0 Å². The van der Waals surface area contributed by atoms with Crippen molar-refractivity contribution in [2.24, 2.45) is 5.92 Å². The highest BCUT2D eigenvalue weighted by atomic mass is 16.4. The molecule has 23 heavy (non-hydrogen) atoms. The van der Waals surface area contributed by atoms with Gasteiger partial charge in [0.1, 0.15) is 0 Å². The predicted octanol–water partition coefficient (Wildman–Crippen LogP) is 2.49. The Hall–Kier alpha value is -1.58. The number of likely N-dealkylation sites (tertiary alicyclic amines) is 1. The van der Waals surface area contributed by atoms with Crippen molar-refractivity contribution >= 4 is 11.9 Å². The minimum Gasteiger partial charge on any atom is -0.481 e. The van der Waals surface area contributed by atoms with E-state index in [9.17, 15) is 14.7 Å². The Morgan fingerprint density at radius 1 is 1.30 bits per heavy atom. The lowest BCUT2D eigenvalue weighted by molar-refractivity contribution is -0.136. The van der Waals surface area contributed by atoms with E-state index in [1.165, 1.54) is 25.3 Å². The fraction of sp³-hybridized carbons (Fsp3) is 0.722. The number of carboxylic acids is 1. The summed E-state index contributed by atoms with van der Waals surface area (Å²) >= 11 is 0. The lowest BCUT2D eigenvalue weighted by Crippen LogP contribution is -2.35. The van der Waals surface area contributed by atoms with Crippen LogP contribution in [0.3, 0.4) is 0 Å². The molecule has 0 radical (unpaired) electrons. The minimum absolute atomic E-state index is 0.0221. The first kappa shape index (κ1) is 17.8. The SMILES string of the molecule is O=C(O)CC=C=CC1CCC(=O)N1CCC(O)C1CCCCC1. The lowest BCUT2D eigenvalue weighted by atomic mass is 9.84. The summed E-state index contributed by atoms with van der Waals surface area (Å²) in [4.78, 5) is 24.3. The first-order chi connectivity index (χ1) is 11.1. The summed E-state index contributed by atoms with van der Waals surface area (Å²) in [7, 11) is 0. The molecule has 0 aromatic carbocycles. The number of nitrogens with zero attached hydrogens (tertiary/aromatic N) is 1. The van der Waals surface area contributed by atoms with Gasteiger partial charge in [-0.2, -0.15) is 0 Å². The van der Waals surface area contributed by atoms with Gasteiger partial charge in [0.25, 0.3) is 0 Å². The molecule has 1 aliphatic heterocycles. The second-order valence-electron chi connectivity index (χ2n) is 6.58. The fourth-order valence-corrected chi connectivity index (χ4v) is 3.57. The predicted molar refractivity (Wildman–Crippen MR) is 86.8 cm³/mol. The lowest BCUT2D eigenvalue weighted by Gasteiger charge is -2.29. The summed E-state index contributed by atoms with van der Waals surface area (Å²) in [5.74, 6) is -0.395. The maximum absolute atomic E-state index is 12.0. The molecule has 1 saturated heterocycles. The minimum atomic E-state index is -0.888. The van der Waals surface area contributed by atoms with Gasteiger partial charge in [-0.05, 0) is 43.8 Å². The van der Waals surface area contributed by atoms with E-state index < -0.39 is 5.97 Å². The largest absolute Gasteiger partial charge is 0.481 e. The van der Waals surface area contributed by atoms with E-state index in [0.717, 1.165) is 19.3 Å². The molecule has 5 nitrogen and oxygen atoms in total. The normalized spacial score (nSPS) is 23.4. The molecular weight excluding hydrogens is 294 g/mol. The first-order valence-electron chi connectivity index (χ1n) is 8.68. The van der Waals surface area contributed by atoms with Crippen LogP contribution in [0.5, 0.6) is 0 Å². The Kier molecular flexibility index (Phi) is 6.87. The van der Waals surface area contributed by atoms with E-state index >= 15 is 0 Å². The van der Waals surface area contributed by atoms with Crippen molar-refractivity contribution in [3.8, 4) is 0 Å². The third kappa shape index (κ3) is 5.52. The number of aliphatic hydroxyl groups is 1. The van der Waals surface area contributed by atoms with Gasteiger partial charge in [-0.25, -0.2) is 0 Å². The number of hydrogen-bond acceptors (Lipinski definition) is 3. The summed E-state index contributed by atoms with van der Waals surface area (Å²) in [6.45, 7) is 0.568. The molecule has 128 valence electrons. The van der Waals surface area contributed by atoms with Crippen molar-refractivity contribution in [3.05, 3.63) is 17.9 Å². The van der Waals surface area contributed by atoms with Gasteiger partial charge in [-0.3, -0.25) is 9.59 Å². The van der Waals surface area contributed by atoms with E-state index in [1.807, 2.05) is 0 Å². The molecule has 0 aromatic heterocycles. The van der Waals surface area contributed by atoms with E-state index in [1.54, 1.807) is 11.0 Å². The number of rotatable bonds is 7. The Morgan fingerprint density at radius 2 is 2.04 bits per heavy atom. The molecule has 0 spiro atoms. The first-order valence-corrected chi connectivity index (χ1v) is 8.68. The number of carboxylic acid groups (broad SMARTS) is 1. The van der Waals surface area contributed by atoms with Crippen LogP contribution in [-0.4, -0.2) is 45.7 Å². The van der Waals surface area contributed by atoms with Gasteiger partial charge in [0.05, 0.1) is 18.6 Å². The van der Waals surface area contributed by atoms with Gasteiger partial charge in [-0.1, -0.05) is 19.3 Å². The molecule has 2 unspecified atom stereocenters. The fourth-order valence-electron chi connectivity index (χ4n) is 3.57. The van der Waals surface area contributed by atoms with Gasteiger partial charge in [-0.15, -0.1) is 5.73 Å². The van der Waals surface area contributed by atoms with Gasteiger partial charge < -0.3 is 15.1 Å². The number of amides is 1. The summed E-state index contributed by atoms with van der Waals surface area (Å²) in [5.41, 5.74) is 2.87. The molecule has 1 amide bonds. The number of aliphatic hydroxyl groups excluding tert-OH is 1. The van der Waals surface area contributed by atoms with Crippen LogP contribution in [0.4, 0.5) is 0 Å². The van der Waals surface area contributed by atoms with Gasteiger partial charge >= 0.3 is 5.97 Å². The topological polar surface area (TPSA) is 77.8 Å². The molecule has 2 fully saturated rings. The van der Waals surface area contributed by atoms with E-state index in [0.29, 0.717) is 25.3 Å². The second-order valence-corrected chi connectivity index (χ2v) is 6.58. The third-order valence-corrected chi connectivity index (χ3v) is 4.92. The zero-order valence-corrected chi connectivity index (χ0v) is 13.6. The number of carbonyl (C=O) groups is 2. The number of carbonyl (C=O) groups excluding carboxylic acids is 1. The highest BCUT2D eigenvalue weighted by Crippen LogP contribution is 2.28. The van der Waals surface area contributed by atoms with Crippen molar-refractivity contribution in [2.75, 3.05) is 6.54 Å². The number of aliphatic carboxylic acids is 1. The van der Waals surface area contributed by atoms with Crippen LogP contribution in [-0.2, 0) is 9.59 Å². The molecule has 2 rings (SSSR count). The molecule has 5 heteroatoms. The van der Waals surface area contributed by atoms with Crippen LogP contribution in [0.15, 0.2) is 17.9 Å². The standard InChI is InChI=1S/C18H27NO4/c20-16(14-6-2-1-3-7-14)12-13-19-15(10-11-17(19)21)8-4-5-9-18(22)23/h5,8,14-16,20H,1-3,6-7,9-13H2,(H,22,23). The zero-order chi connectivity index (χ0) is 16.7. The maximum atomic E-state index is 12.0. The van der Waals surface area contributed by atoms with Crippen LogP contribution < -0.4 is 0 Å². The molecule has 2 N–H and O–H groups in total. The summed E-state index contributed by atoms with van der Waals surface area (Å²) < 4.78 is 0. The Morgan fingerprint density at radius 3 is 2.74 bits per heavy atom. The highest BCUT2D eigenvalue weighted by Gasteiger charge is 2.30. The molecule has 2 aliphatic rings. The third-order valence-electron chi connectivity index (χ3n) is 4.92. The summed E-state index contributed by atoms with van der Waals surface area (Å²) in [6.07, 6.45) is 10.6. The molecular formula is C18H27NO4. The quantitative estimate of drug-likeness (QED) is 0.706. The van der Waals surface area contributed by atoms with E-state index in [-0.39, 0.29) is 24.5 Å². The van der Waals surface area contributed by atoms with Crippen LogP contribution in [0.2, 0.25) is 0 Å². The Labute approximate surface area is 137 Å². The molecule has 0 aromatic rings. The molecule has 1 saturated carbocycles. The summed E-state index contributed by atoms with van der Waals surface area (Å²) in [5, 5.41) is 18.9. The zero-order valence-electron chi connectivity index (χ0n) is 13.6. The van der Waals surface area contributed by atoms with Gasteiger partial charge in [0, 0.05) is 13.0 Å². The van der Waals surface area contributed by atoms with Crippen molar-refractivity contribution < 1.29 is 19.8 Å². The van der Waals surface area contributed by atoms with Gasteiger partial charge in [0.2, 0.25) is 5.91 Å². The monoisotopic (exact) mass is 321 g/mol. The van der Waals surface area contributed by atoms with Crippen molar-refractivity contribution in [1.82, 2.24) is 4.90 Å². The average Bonchev–Trinajstić information content (AvgIpc) is 2.90. The average molecular weight is 321 g/mol. The van der Waals surface area contributed by atoms with Crippen LogP contribution in [0.25, 0.3) is 0 Å². The molecule has 1 aliphatic carbocycles. The van der Waals surface area contributed by atoms with Crippen LogP contribution in [0.1, 0.15) is 57.8 Å². The van der Waals surface area contributed by atoms with Gasteiger partial charge in [0.15, 0.2) is 0 Å². The maximum Gasteiger partial charge on any atom is 0.307 e. The number of hydrogen-bond donors (Lipinski definition) is 2. The van der Waals surface area contributed by atoms with E-state index in [2.05, 4.69) is 5.73 Å². The van der Waals surface area contributed by atoms with Crippen LogP contribution in [0, 0.1) is 5.92 Å². The smallest absolute Gasteiger partial charge is 0.307 e. The molecule has 1 heterocycles. The summed E-state index contributed by atoms with van der Waals surface area (Å²) in [6, 6.07) is -0.0221. The molecule has 2 atom stereocenters. The highest BCUT2D eigenvalue weighted by molar-refractivity contribution is 5.79.